The number of alkyl halides is 3. The Hall–Kier alpha value is -3.14. The summed E-state index contributed by atoms with van der Waals surface area (Å²) >= 11 is 0. The first-order chi connectivity index (χ1) is 16.8. The molecule has 3 aromatic rings. The van der Waals surface area contributed by atoms with E-state index in [0.717, 1.165) is 47.1 Å². The molecule has 1 aliphatic carbocycles. The summed E-state index contributed by atoms with van der Waals surface area (Å²) in [4.78, 5) is 29.4. The molecular formula is C25H27F3N6O. The Labute approximate surface area is 200 Å². The third-order valence-electron chi connectivity index (χ3n) is 7.63. The van der Waals surface area contributed by atoms with Crippen LogP contribution in [0.25, 0.3) is 22.2 Å². The van der Waals surface area contributed by atoms with Gasteiger partial charge in [0.05, 0.1) is 17.9 Å². The number of H-pyrrole nitrogens is 1. The van der Waals surface area contributed by atoms with Crippen LogP contribution >= 0.6 is 0 Å². The molecule has 2 aliphatic heterocycles. The highest BCUT2D eigenvalue weighted by Crippen LogP contribution is 2.59. The number of hydrogen-bond donors (Lipinski definition) is 2. The number of halogens is 3. The van der Waals surface area contributed by atoms with Crippen LogP contribution in [0, 0.1) is 5.41 Å². The normalized spacial score (nSPS) is 21.8. The molecular weight excluding hydrogens is 457 g/mol. The second-order valence-corrected chi connectivity index (χ2v) is 9.95. The van der Waals surface area contributed by atoms with Crippen molar-refractivity contribution in [1.29, 1.82) is 0 Å². The number of para-hydroxylation sites is 1. The van der Waals surface area contributed by atoms with E-state index in [1.807, 2.05) is 35.4 Å². The molecule has 0 spiro atoms. The number of hydrogen-bond acceptors (Lipinski definition) is 5. The largest absolute Gasteiger partial charge is 0.403 e. The maximum Gasteiger partial charge on any atom is 0.403 e. The van der Waals surface area contributed by atoms with Crippen LogP contribution in [0.2, 0.25) is 0 Å². The van der Waals surface area contributed by atoms with Crippen molar-refractivity contribution in [2.24, 2.45) is 11.1 Å². The minimum absolute atomic E-state index is 0.0134. The number of nitrogens with two attached hydrogens (primary N) is 1. The zero-order chi connectivity index (χ0) is 24.4. The molecule has 1 saturated carbocycles. The Morgan fingerprint density at radius 2 is 1.97 bits per heavy atom. The van der Waals surface area contributed by atoms with Gasteiger partial charge in [-0.1, -0.05) is 18.2 Å². The fourth-order valence-electron chi connectivity index (χ4n) is 5.46. The van der Waals surface area contributed by atoms with Gasteiger partial charge in [0.15, 0.2) is 0 Å². The number of aromatic nitrogens is 3. The average Bonchev–Trinajstić information content (AvgIpc) is 3.57. The number of anilines is 1. The summed E-state index contributed by atoms with van der Waals surface area (Å²) in [6, 6.07) is 7.94. The van der Waals surface area contributed by atoms with Gasteiger partial charge in [0, 0.05) is 53.9 Å². The van der Waals surface area contributed by atoms with E-state index >= 15 is 0 Å². The van der Waals surface area contributed by atoms with Gasteiger partial charge < -0.3 is 20.5 Å². The van der Waals surface area contributed by atoms with Crippen molar-refractivity contribution in [2.75, 3.05) is 24.5 Å². The summed E-state index contributed by atoms with van der Waals surface area (Å²) in [5.41, 5.74) is 8.16. The molecule has 1 amide bonds. The van der Waals surface area contributed by atoms with Crippen LogP contribution in [0.5, 0.6) is 0 Å². The summed E-state index contributed by atoms with van der Waals surface area (Å²) in [5, 5.41) is 1.02. The molecule has 2 fully saturated rings. The lowest BCUT2D eigenvalue weighted by Gasteiger charge is -2.35. The van der Waals surface area contributed by atoms with Crippen LogP contribution in [-0.2, 0) is 17.8 Å². The second-order valence-electron chi connectivity index (χ2n) is 9.95. The van der Waals surface area contributed by atoms with Gasteiger partial charge in [-0.3, -0.25) is 4.79 Å². The summed E-state index contributed by atoms with van der Waals surface area (Å²) < 4.78 is 40.9. The van der Waals surface area contributed by atoms with Gasteiger partial charge in [-0.25, -0.2) is 9.97 Å². The molecule has 1 saturated heterocycles. The topological polar surface area (TPSA) is 91.1 Å². The first-order valence-electron chi connectivity index (χ1n) is 12.1. The van der Waals surface area contributed by atoms with Crippen molar-refractivity contribution in [1.82, 2.24) is 19.9 Å². The molecule has 0 radical (unpaired) electrons. The maximum absolute atomic E-state index is 13.6. The van der Waals surface area contributed by atoms with Gasteiger partial charge in [0.2, 0.25) is 11.9 Å². The fraction of sp³-hybridized carbons (Fsp3) is 0.480. The monoisotopic (exact) mass is 484 g/mol. The predicted octanol–water partition coefficient (Wildman–Crippen LogP) is 3.78. The Morgan fingerprint density at radius 3 is 2.71 bits per heavy atom. The standard InChI is InChI=1S/C25H27F3N6O/c26-25(27,28)24(8-9-24)22(35)33-11-7-17-20(14-33)31-23(34-10-3-4-15(29)13-34)32-21(17)18-12-30-19-6-2-1-5-16(18)19/h1-2,5-6,12,15,30H,3-4,7-11,13-14,29H2/t15-/m0/s1. The first kappa shape index (κ1) is 22.3. The van der Waals surface area contributed by atoms with Gasteiger partial charge in [-0.15, -0.1) is 0 Å². The van der Waals surface area contributed by atoms with Crippen molar-refractivity contribution in [3.8, 4) is 11.3 Å². The summed E-state index contributed by atoms with van der Waals surface area (Å²) in [7, 11) is 0. The average molecular weight is 485 g/mol. The zero-order valence-electron chi connectivity index (χ0n) is 19.2. The van der Waals surface area contributed by atoms with E-state index in [1.54, 1.807) is 0 Å². The smallest absolute Gasteiger partial charge is 0.360 e. The van der Waals surface area contributed by atoms with Crippen LogP contribution in [-0.4, -0.2) is 57.6 Å². The van der Waals surface area contributed by atoms with E-state index in [2.05, 4.69) is 4.98 Å². The molecule has 0 bridgehead atoms. The molecule has 0 unspecified atom stereocenters. The van der Waals surface area contributed by atoms with Gasteiger partial charge in [-0.05, 0) is 38.2 Å². The molecule has 3 N–H and O–H groups in total. The molecule has 1 aromatic carbocycles. The highest BCUT2D eigenvalue weighted by molar-refractivity contribution is 5.95. The number of carbonyl (C=O) groups excluding carboxylic acids is 1. The summed E-state index contributed by atoms with van der Waals surface area (Å²) in [6.07, 6.45) is -0.634. The van der Waals surface area contributed by atoms with E-state index in [9.17, 15) is 18.0 Å². The lowest BCUT2D eigenvalue weighted by atomic mass is 9.96. The van der Waals surface area contributed by atoms with Crippen LogP contribution in [0.3, 0.4) is 0 Å². The Morgan fingerprint density at radius 1 is 1.17 bits per heavy atom. The molecule has 6 rings (SSSR count). The van der Waals surface area contributed by atoms with E-state index in [-0.39, 0.29) is 32.0 Å². The Balaban J connectivity index is 1.42. The molecule has 2 aromatic heterocycles. The Kier molecular flexibility index (Phi) is 5.07. The predicted molar refractivity (Wildman–Crippen MR) is 126 cm³/mol. The Bertz CT molecular complexity index is 1300. The zero-order valence-corrected chi connectivity index (χ0v) is 19.2. The number of rotatable bonds is 3. The van der Waals surface area contributed by atoms with E-state index in [1.165, 1.54) is 4.90 Å². The number of carbonyl (C=O) groups is 1. The molecule has 3 aliphatic rings. The van der Waals surface area contributed by atoms with Gasteiger partial charge >= 0.3 is 6.18 Å². The molecule has 1 atom stereocenters. The number of nitrogens with zero attached hydrogens (tertiary/aromatic N) is 4. The number of piperidine rings is 1. The fourth-order valence-corrected chi connectivity index (χ4v) is 5.46. The number of nitrogens with one attached hydrogen (secondary N) is 1. The lowest BCUT2D eigenvalue weighted by Crippen LogP contribution is -2.47. The minimum atomic E-state index is -4.53. The number of benzene rings is 1. The van der Waals surface area contributed by atoms with E-state index < -0.39 is 17.5 Å². The highest BCUT2D eigenvalue weighted by Gasteiger charge is 2.69. The van der Waals surface area contributed by atoms with Gasteiger partial charge in [0.25, 0.3) is 0 Å². The van der Waals surface area contributed by atoms with Crippen LogP contribution < -0.4 is 10.6 Å². The van der Waals surface area contributed by atoms with Crippen LogP contribution in [0.1, 0.15) is 36.9 Å². The van der Waals surface area contributed by atoms with Gasteiger partial charge in [-0.2, -0.15) is 13.2 Å². The highest BCUT2D eigenvalue weighted by atomic mass is 19.4. The molecule has 4 heterocycles. The maximum atomic E-state index is 13.6. The quantitative estimate of drug-likeness (QED) is 0.591. The summed E-state index contributed by atoms with van der Waals surface area (Å²) in [5.74, 6) is -0.310. The van der Waals surface area contributed by atoms with Crippen LogP contribution in [0.15, 0.2) is 30.5 Å². The van der Waals surface area contributed by atoms with Crippen LogP contribution in [0.4, 0.5) is 19.1 Å². The number of fused-ring (bicyclic) bond motifs is 2. The van der Waals surface area contributed by atoms with E-state index in [0.29, 0.717) is 24.6 Å². The van der Waals surface area contributed by atoms with Crippen molar-refractivity contribution in [3.63, 3.8) is 0 Å². The number of aromatic amines is 1. The SMILES string of the molecule is N[C@H]1CCCN(c2nc3c(c(-c4c[nH]c5ccccc45)n2)CCN(C(=O)C2(C(F)(F)F)CC2)C3)C1. The van der Waals surface area contributed by atoms with Crippen molar-refractivity contribution >= 4 is 22.8 Å². The number of amides is 1. The summed E-state index contributed by atoms with van der Waals surface area (Å²) in [6.45, 7) is 1.65. The molecule has 10 heteroatoms. The molecule has 184 valence electrons. The van der Waals surface area contributed by atoms with Gasteiger partial charge in [0.1, 0.15) is 5.41 Å². The second kappa shape index (κ2) is 7.94. The minimum Gasteiger partial charge on any atom is -0.360 e. The first-order valence-corrected chi connectivity index (χ1v) is 12.1. The van der Waals surface area contributed by atoms with E-state index in [4.69, 9.17) is 15.7 Å². The molecule has 7 nitrogen and oxygen atoms in total. The third kappa shape index (κ3) is 3.65. The van der Waals surface area contributed by atoms with Crippen molar-refractivity contribution in [3.05, 3.63) is 41.7 Å². The molecule has 35 heavy (non-hydrogen) atoms. The van der Waals surface area contributed by atoms with Crippen molar-refractivity contribution < 1.29 is 18.0 Å². The van der Waals surface area contributed by atoms with Crippen molar-refractivity contribution in [2.45, 2.75) is 50.9 Å². The lowest BCUT2D eigenvalue weighted by molar-refractivity contribution is -0.199. The third-order valence-corrected chi connectivity index (χ3v) is 7.63.